The number of aliphatic carboxylic acids is 1. The van der Waals surface area contributed by atoms with E-state index in [4.69, 9.17) is 28.5 Å². The van der Waals surface area contributed by atoms with Crippen LogP contribution in [-0.2, 0) is 19.1 Å². The Labute approximate surface area is 225 Å². The maximum absolute atomic E-state index is 11.8. The van der Waals surface area contributed by atoms with Crippen LogP contribution in [-0.4, -0.2) is 92.1 Å². The largest absolute Gasteiger partial charge is 0.507 e. The standard InChI is InChI=1S/C26H26O14/c1-36-17-6-11(2-3-14(17)28)25-18(9-13-15(29)7-12(27)8-16(13)38-25)39-26-24(35)23(34)22(33)19(40-26)10-37-21(32)5-4-20(30)31/h2-3,6-9,19,22-24,26,33-35H,4-5,10H2,1H3,(H3-,27,28,29,30,31)/p+1/t19-,22+,23+,24-,26-/m1/s1. The van der Waals surface area contributed by atoms with Crippen molar-refractivity contribution in [1.82, 2.24) is 0 Å². The van der Waals surface area contributed by atoms with Crippen LogP contribution in [0.5, 0.6) is 28.7 Å². The molecule has 40 heavy (non-hydrogen) atoms. The van der Waals surface area contributed by atoms with Crippen molar-refractivity contribution in [2.75, 3.05) is 13.7 Å². The molecule has 0 spiro atoms. The lowest BCUT2D eigenvalue weighted by molar-refractivity contribution is -0.278. The first-order valence-corrected chi connectivity index (χ1v) is 11.9. The normalized spacial score (nSPS) is 22.6. The van der Waals surface area contributed by atoms with Crippen molar-refractivity contribution in [2.45, 2.75) is 43.5 Å². The van der Waals surface area contributed by atoms with Crippen LogP contribution in [0.1, 0.15) is 12.8 Å². The zero-order valence-corrected chi connectivity index (χ0v) is 21.0. The van der Waals surface area contributed by atoms with Gasteiger partial charge in [0.05, 0.1) is 31.6 Å². The minimum Gasteiger partial charge on any atom is -0.507 e. The number of aliphatic hydroxyl groups is 3. The second-order valence-electron chi connectivity index (χ2n) is 8.91. The zero-order valence-electron chi connectivity index (χ0n) is 21.0. The van der Waals surface area contributed by atoms with E-state index in [1.54, 1.807) is 0 Å². The molecule has 1 aliphatic rings. The minimum atomic E-state index is -1.81. The second kappa shape index (κ2) is 11.8. The van der Waals surface area contributed by atoms with Crippen molar-refractivity contribution in [3.8, 4) is 40.1 Å². The van der Waals surface area contributed by atoms with E-state index >= 15 is 0 Å². The Morgan fingerprint density at radius 3 is 2.38 bits per heavy atom. The predicted molar refractivity (Wildman–Crippen MR) is 133 cm³/mol. The Bertz CT molecular complexity index is 1410. The fourth-order valence-electron chi connectivity index (χ4n) is 4.02. The van der Waals surface area contributed by atoms with Crippen molar-refractivity contribution in [2.24, 2.45) is 0 Å². The number of ether oxygens (including phenoxy) is 4. The summed E-state index contributed by atoms with van der Waals surface area (Å²) in [5, 5.41) is 70.5. The lowest BCUT2D eigenvalue weighted by Gasteiger charge is -2.39. The number of methoxy groups -OCH3 is 1. The van der Waals surface area contributed by atoms with Gasteiger partial charge >= 0.3 is 23.3 Å². The van der Waals surface area contributed by atoms with Crippen molar-refractivity contribution in [1.29, 1.82) is 0 Å². The number of aromatic hydroxyl groups is 3. The van der Waals surface area contributed by atoms with Gasteiger partial charge in [-0.15, -0.1) is 0 Å². The quantitative estimate of drug-likeness (QED) is 0.143. The third-order valence-corrected chi connectivity index (χ3v) is 6.12. The second-order valence-corrected chi connectivity index (χ2v) is 8.91. The van der Waals surface area contributed by atoms with Gasteiger partial charge in [0.2, 0.25) is 12.0 Å². The summed E-state index contributed by atoms with van der Waals surface area (Å²) in [6, 6.07) is 7.79. The van der Waals surface area contributed by atoms with Crippen molar-refractivity contribution in [3.63, 3.8) is 0 Å². The van der Waals surface area contributed by atoms with Gasteiger partial charge in [-0.05, 0) is 12.1 Å². The number of carboxylic acid groups (broad SMARTS) is 1. The first-order chi connectivity index (χ1) is 19.0. The van der Waals surface area contributed by atoms with E-state index < -0.39 is 62.1 Å². The van der Waals surface area contributed by atoms with Gasteiger partial charge in [0.15, 0.2) is 11.5 Å². The number of fused-ring (bicyclic) bond motifs is 1. The monoisotopic (exact) mass is 563 g/mol. The van der Waals surface area contributed by atoms with E-state index in [0.717, 1.165) is 6.07 Å². The maximum atomic E-state index is 11.8. The summed E-state index contributed by atoms with van der Waals surface area (Å²) in [6.45, 7) is -0.590. The minimum absolute atomic E-state index is 0.0242. The van der Waals surface area contributed by atoms with Crippen molar-refractivity contribution < 1.29 is 68.7 Å². The summed E-state index contributed by atoms with van der Waals surface area (Å²) in [7, 11) is 1.33. The van der Waals surface area contributed by atoms with E-state index in [9.17, 15) is 40.2 Å². The summed E-state index contributed by atoms with van der Waals surface area (Å²) >= 11 is 0. The van der Waals surface area contributed by atoms with E-state index in [1.807, 2.05) is 0 Å². The molecule has 5 atom stereocenters. The molecule has 1 fully saturated rings. The van der Waals surface area contributed by atoms with Gasteiger partial charge in [-0.25, -0.2) is 4.42 Å². The Kier molecular flexibility index (Phi) is 8.44. The molecule has 0 saturated carbocycles. The molecular weight excluding hydrogens is 536 g/mol. The fourth-order valence-corrected chi connectivity index (χ4v) is 4.02. The van der Waals surface area contributed by atoms with Crippen LogP contribution in [0.4, 0.5) is 0 Å². The number of carbonyl (C=O) groups excluding carboxylic acids is 1. The number of aliphatic hydroxyl groups excluding tert-OH is 3. The number of carbonyl (C=O) groups is 2. The van der Waals surface area contributed by atoms with Crippen LogP contribution in [0.2, 0.25) is 0 Å². The lowest BCUT2D eigenvalue weighted by Crippen LogP contribution is -2.60. The molecule has 0 aliphatic carbocycles. The molecule has 0 radical (unpaired) electrons. The van der Waals surface area contributed by atoms with Crippen molar-refractivity contribution >= 4 is 22.9 Å². The third-order valence-electron chi connectivity index (χ3n) is 6.12. The highest BCUT2D eigenvalue weighted by Crippen LogP contribution is 2.42. The fraction of sp³-hybridized carbons (Fsp3) is 0.346. The molecule has 214 valence electrons. The number of carboxylic acids is 1. The Morgan fingerprint density at radius 2 is 1.68 bits per heavy atom. The predicted octanol–water partition coefficient (Wildman–Crippen LogP) is 1.10. The Morgan fingerprint density at radius 1 is 0.925 bits per heavy atom. The van der Waals surface area contributed by atoms with E-state index in [1.165, 1.54) is 37.4 Å². The van der Waals surface area contributed by atoms with Crippen LogP contribution in [0.25, 0.3) is 22.3 Å². The topological polar surface area (TPSA) is 224 Å². The van der Waals surface area contributed by atoms with Gasteiger partial charge in [0.25, 0.3) is 0 Å². The highest BCUT2D eigenvalue weighted by molar-refractivity contribution is 5.88. The van der Waals surface area contributed by atoms with Gasteiger partial charge in [-0.2, -0.15) is 0 Å². The highest BCUT2D eigenvalue weighted by Gasteiger charge is 2.46. The highest BCUT2D eigenvalue weighted by atomic mass is 16.7. The van der Waals surface area contributed by atoms with Crippen LogP contribution >= 0.6 is 0 Å². The molecule has 14 nitrogen and oxygen atoms in total. The molecular formula is C26H27O14+. The molecule has 2 aromatic carbocycles. The van der Waals surface area contributed by atoms with Crippen LogP contribution in [0.15, 0.2) is 40.8 Å². The zero-order chi connectivity index (χ0) is 29.1. The number of hydrogen-bond donors (Lipinski definition) is 7. The summed E-state index contributed by atoms with van der Waals surface area (Å²) in [5.41, 5.74) is 0.336. The molecule has 3 aromatic rings. The first kappa shape index (κ1) is 28.6. The molecule has 2 heterocycles. The number of phenolic OH excluding ortho intramolecular Hbond substituents is 3. The van der Waals surface area contributed by atoms with Gasteiger partial charge in [0, 0.05) is 18.2 Å². The van der Waals surface area contributed by atoms with Gasteiger partial charge < -0.3 is 54.7 Å². The van der Waals surface area contributed by atoms with Crippen LogP contribution in [0, 0.1) is 0 Å². The van der Waals surface area contributed by atoms with E-state index in [0.29, 0.717) is 5.56 Å². The molecule has 0 unspecified atom stereocenters. The molecule has 4 rings (SSSR count). The molecule has 1 saturated heterocycles. The smallest absolute Gasteiger partial charge is 0.402 e. The van der Waals surface area contributed by atoms with E-state index in [-0.39, 0.29) is 45.5 Å². The molecule has 0 bridgehead atoms. The molecule has 1 aliphatic heterocycles. The Hall–Kier alpha value is -4.37. The van der Waals surface area contributed by atoms with Gasteiger partial charge in [-0.1, -0.05) is 0 Å². The lowest BCUT2D eigenvalue weighted by atomic mass is 9.99. The molecule has 14 heteroatoms. The number of rotatable bonds is 9. The van der Waals surface area contributed by atoms with Crippen molar-refractivity contribution in [3.05, 3.63) is 36.4 Å². The molecule has 7 N–H and O–H groups in total. The summed E-state index contributed by atoms with van der Waals surface area (Å²) in [6.07, 6.45) is -9.25. The number of hydrogen-bond acceptors (Lipinski definition) is 12. The van der Waals surface area contributed by atoms with Crippen LogP contribution < -0.4 is 9.47 Å². The summed E-state index contributed by atoms with van der Waals surface area (Å²) in [4.78, 5) is 22.5. The number of benzene rings is 2. The maximum Gasteiger partial charge on any atom is 0.402 e. The van der Waals surface area contributed by atoms with Gasteiger partial charge in [0.1, 0.15) is 47.9 Å². The van der Waals surface area contributed by atoms with Gasteiger partial charge in [-0.3, -0.25) is 9.59 Å². The third kappa shape index (κ3) is 6.10. The Balaban J connectivity index is 1.67. The number of esters is 1. The average molecular weight is 563 g/mol. The van der Waals surface area contributed by atoms with Crippen LogP contribution in [0.3, 0.4) is 0 Å². The average Bonchev–Trinajstić information content (AvgIpc) is 2.91. The van der Waals surface area contributed by atoms with E-state index in [2.05, 4.69) is 0 Å². The SMILES string of the molecule is COc1cc(-c2[o+]c3cc(O)cc(O)c3cc2O[C@@H]2O[C@H](COC(=O)CCC(=O)O)[C@H](O)[C@H](O)[C@H]2O)ccc1O. The first-order valence-electron chi connectivity index (χ1n) is 11.9. The number of phenols is 3. The molecule has 1 aromatic heterocycles. The molecule has 0 amide bonds. The summed E-state index contributed by atoms with van der Waals surface area (Å²) < 4.78 is 27.4. The summed E-state index contributed by atoms with van der Waals surface area (Å²) in [5.74, 6) is -3.00.